The van der Waals surface area contributed by atoms with E-state index in [9.17, 15) is 13.2 Å². The summed E-state index contributed by atoms with van der Waals surface area (Å²) < 4.78 is 28.6. The number of fused-ring (bicyclic) bond motifs is 1. The summed E-state index contributed by atoms with van der Waals surface area (Å²) in [5.74, 6) is 1.63. The van der Waals surface area contributed by atoms with E-state index in [1.807, 2.05) is 17.6 Å². The number of piperidine rings is 1. The van der Waals surface area contributed by atoms with E-state index in [0.717, 1.165) is 55.9 Å². The Morgan fingerprint density at radius 3 is 2.53 bits per heavy atom. The minimum atomic E-state index is -3.14. The smallest absolute Gasteiger partial charge is 0.255 e. The van der Waals surface area contributed by atoms with Gasteiger partial charge in [-0.15, -0.1) is 0 Å². The van der Waals surface area contributed by atoms with Crippen LogP contribution in [0.25, 0.3) is 11.0 Å². The summed E-state index contributed by atoms with van der Waals surface area (Å²) in [6.45, 7) is 5.13. The van der Waals surface area contributed by atoms with Crippen LogP contribution in [0.2, 0.25) is 0 Å². The SMILES string of the molecule is Cc1cc2cnc(NC3CCN(S(=O)(=O)CC4CC4)CC3)nc2n([C@@H]2CCC[C@@H]2C)c1=O. The fourth-order valence-electron chi connectivity index (χ4n) is 5.29. The first-order valence-corrected chi connectivity index (χ1v) is 13.6. The highest BCUT2D eigenvalue weighted by atomic mass is 32.2. The lowest BCUT2D eigenvalue weighted by molar-refractivity contribution is 0.328. The summed E-state index contributed by atoms with van der Waals surface area (Å²) in [7, 11) is -3.14. The molecule has 3 aliphatic rings. The Bertz CT molecular complexity index is 1170. The quantitative estimate of drug-likeness (QED) is 0.713. The molecule has 2 atom stereocenters. The van der Waals surface area contributed by atoms with E-state index in [1.165, 1.54) is 0 Å². The van der Waals surface area contributed by atoms with Crippen LogP contribution in [-0.4, -0.2) is 52.1 Å². The van der Waals surface area contributed by atoms with Crippen molar-refractivity contribution in [2.24, 2.45) is 11.8 Å². The number of hydrogen-bond donors (Lipinski definition) is 1. The van der Waals surface area contributed by atoms with E-state index < -0.39 is 10.0 Å². The van der Waals surface area contributed by atoms with Crippen molar-refractivity contribution in [2.75, 3.05) is 24.2 Å². The van der Waals surface area contributed by atoms with E-state index in [-0.39, 0.29) is 17.6 Å². The van der Waals surface area contributed by atoms with Crippen molar-refractivity contribution in [1.29, 1.82) is 0 Å². The van der Waals surface area contributed by atoms with Gasteiger partial charge < -0.3 is 5.32 Å². The summed E-state index contributed by atoms with van der Waals surface area (Å²) in [4.78, 5) is 22.3. The van der Waals surface area contributed by atoms with Crippen molar-refractivity contribution < 1.29 is 8.42 Å². The summed E-state index contributed by atoms with van der Waals surface area (Å²) in [6.07, 6.45) is 8.60. The summed E-state index contributed by atoms with van der Waals surface area (Å²) >= 11 is 0. The van der Waals surface area contributed by atoms with Crippen LogP contribution in [0, 0.1) is 18.8 Å². The maximum absolute atomic E-state index is 13.0. The number of sulfonamides is 1. The molecule has 1 N–H and O–H groups in total. The molecule has 3 fully saturated rings. The first-order chi connectivity index (χ1) is 15.3. The number of hydrogen-bond acceptors (Lipinski definition) is 6. The van der Waals surface area contributed by atoms with Gasteiger partial charge in [-0.2, -0.15) is 4.98 Å². The third-order valence-corrected chi connectivity index (χ3v) is 9.47. The minimum Gasteiger partial charge on any atom is -0.351 e. The van der Waals surface area contributed by atoms with Gasteiger partial charge in [-0.05, 0) is 63.4 Å². The molecule has 9 heteroatoms. The molecule has 2 aromatic heterocycles. The van der Waals surface area contributed by atoms with Crippen LogP contribution in [0.15, 0.2) is 17.1 Å². The molecule has 8 nitrogen and oxygen atoms in total. The number of rotatable bonds is 6. The maximum Gasteiger partial charge on any atom is 0.255 e. The Morgan fingerprint density at radius 2 is 1.88 bits per heavy atom. The molecule has 0 spiro atoms. The van der Waals surface area contributed by atoms with Crippen LogP contribution < -0.4 is 10.9 Å². The predicted molar refractivity (Wildman–Crippen MR) is 125 cm³/mol. The third-order valence-electron chi connectivity index (χ3n) is 7.42. The van der Waals surface area contributed by atoms with Crippen LogP contribution in [0.3, 0.4) is 0 Å². The molecule has 1 saturated heterocycles. The molecule has 174 valence electrons. The van der Waals surface area contributed by atoms with Gasteiger partial charge in [0.05, 0.1) is 5.75 Å². The average Bonchev–Trinajstić information content (AvgIpc) is 3.47. The van der Waals surface area contributed by atoms with Crippen LogP contribution in [0.5, 0.6) is 0 Å². The second kappa shape index (κ2) is 8.41. The van der Waals surface area contributed by atoms with Gasteiger partial charge >= 0.3 is 0 Å². The first kappa shape index (κ1) is 21.8. The van der Waals surface area contributed by atoms with Gasteiger partial charge in [0.15, 0.2) is 0 Å². The number of anilines is 1. The zero-order valence-electron chi connectivity index (χ0n) is 19.0. The zero-order valence-corrected chi connectivity index (χ0v) is 19.8. The molecule has 3 heterocycles. The summed E-state index contributed by atoms with van der Waals surface area (Å²) in [5.41, 5.74) is 1.46. The largest absolute Gasteiger partial charge is 0.351 e. The molecule has 2 saturated carbocycles. The Morgan fingerprint density at radius 1 is 1.12 bits per heavy atom. The summed E-state index contributed by atoms with van der Waals surface area (Å²) in [6, 6.07) is 2.17. The highest BCUT2D eigenvalue weighted by Crippen LogP contribution is 2.36. The second-order valence-corrected chi connectivity index (χ2v) is 12.0. The number of aromatic nitrogens is 3. The van der Waals surface area contributed by atoms with Gasteiger partial charge in [0.1, 0.15) is 5.65 Å². The fourth-order valence-corrected chi connectivity index (χ4v) is 7.20. The van der Waals surface area contributed by atoms with Crippen molar-refractivity contribution in [1.82, 2.24) is 18.8 Å². The number of nitrogens with one attached hydrogen (secondary N) is 1. The number of aryl methyl sites for hydroxylation is 1. The van der Waals surface area contributed by atoms with Crippen molar-refractivity contribution in [3.63, 3.8) is 0 Å². The van der Waals surface area contributed by atoms with Crippen LogP contribution in [0.1, 0.15) is 63.5 Å². The molecule has 5 rings (SSSR count). The molecule has 32 heavy (non-hydrogen) atoms. The van der Waals surface area contributed by atoms with Crippen molar-refractivity contribution in [3.8, 4) is 0 Å². The Balaban J connectivity index is 1.34. The van der Waals surface area contributed by atoms with E-state index in [1.54, 1.807) is 10.5 Å². The lowest BCUT2D eigenvalue weighted by Crippen LogP contribution is -2.43. The summed E-state index contributed by atoms with van der Waals surface area (Å²) in [5, 5.41) is 4.28. The second-order valence-electron chi connectivity index (χ2n) is 9.99. The first-order valence-electron chi connectivity index (χ1n) is 11.9. The average molecular weight is 460 g/mol. The van der Waals surface area contributed by atoms with Gasteiger partial charge in [-0.25, -0.2) is 17.7 Å². The van der Waals surface area contributed by atoms with E-state index in [0.29, 0.717) is 42.3 Å². The molecule has 0 amide bonds. The lowest BCUT2D eigenvalue weighted by Gasteiger charge is -2.31. The monoisotopic (exact) mass is 459 g/mol. The molecule has 1 aliphatic heterocycles. The van der Waals surface area contributed by atoms with Gasteiger partial charge in [0, 0.05) is 42.3 Å². The Labute approximate surface area is 189 Å². The predicted octanol–water partition coefficient (Wildman–Crippen LogP) is 3.08. The van der Waals surface area contributed by atoms with Crippen LogP contribution in [0.4, 0.5) is 5.95 Å². The highest BCUT2D eigenvalue weighted by Gasteiger charge is 2.34. The molecule has 0 radical (unpaired) electrons. The van der Waals surface area contributed by atoms with Crippen molar-refractivity contribution in [2.45, 2.75) is 70.9 Å². The van der Waals surface area contributed by atoms with E-state index >= 15 is 0 Å². The normalized spacial score (nSPS) is 25.4. The highest BCUT2D eigenvalue weighted by molar-refractivity contribution is 7.89. The Hall–Kier alpha value is -2.00. The molecule has 2 aliphatic carbocycles. The molecular formula is C23H33N5O3S. The number of nitrogens with zero attached hydrogens (tertiary/aromatic N) is 4. The van der Waals surface area contributed by atoms with Crippen LogP contribution >= 0.6 is 0 Å². The van der Waals surface area contributed by atoms with Gasteiger partial charge in [0.25, 0.3) is 5.56 Å². The standard InChI is InChI=1S/C23H33N5O3S/c1-15-4-3-5-20(15)28-21-18(12-16(2)22(28)29)13-24-23(26-21)25-19-8-10-27(11-9-19)32(30,31)14-17-6-7-17/h12-13,15,17,19-20H,3-11,14H2,1-2H3,(H,24,25,26)/t15-,20+/m0/s1. The topological polar surface area (TPSA) is 97.2 Å². The Kier molecular flexibility index (Phi) is 5.73. The van der Waals surface area contributed by atoms with Gasteiger partial charge in [0.2, 0.25) is 16.0 Å². The van der Waals surface area contributed by atoms with Crippen molar-refractivity contribution in [3.05, 3.63) is 28.2 Å². The van der Waals surface area contributed by atoms with Gasteiger partial charge in [-0.1, -0.05) is 13.3 Å². The lowest BCUT2D eigenvalue weighted by atomic mass is 10.1. The number of pyridine rings is 1. The molecular weight excluding hydrogens is 426 g/mol. The molecule has 0 bridgehead atoms. The third kappa shape index (κ3) is 4.29. The maximum atomic E-state index is 13.0. The van der Waals surface area contributed by atoms with Crippen LogP contribution in [-0.2, 0) is 10.0 Å². The van der Waals surface area contributed by atoms with Crippen molar-refractivity contribution >= 4 is 27.0 Å². The van der Waals surface area contributed by atoms with E-state index in [4.69, 9.17) is 4.98 Å². The fraction of sp³-hybridized carbons (Fsp3) is 0.696. The van der Waals surface area contributed by atoms with E-state index in [2.05, 4.69) is 17.2 Å². The van der Waals surface area contributed by atoms with Gasteiger partial charge in [-0.3, -0.25) is 9.36 Å². The minimum absolute atomic E-state index is 0.0371. The molecule has 0 aromatic carbocycles. The zero-order chi connectivity index (χ0) is 22.5. The molecule has 0 unspecified atom stereocenters. The molecule has 2 aromatic rings.